The monoisotopic (exact) mass is 424 g/mol. The van der Waals surface area contributed by atoms with Crippen molar-refractivity contribution in [1.82, 2.24) is 0 Å². The maximum Gasteiger partial charge on any atom is 0.242 e. The van der Waals surface area contributed by atoms with E-state index in [-0.39, 0.29) is 11.8 Å². The van der Waals surface area contributed by atoms with E-state index in [4.69, 9.17) is 11.6 Å². The summed E-state index contributed by atoms with van der Waals surface area (Å²) in [7, 11) is 0. The Bertz CT molecular complexity index is 1020. The molecule has 3 aromatic carbocycles. The van der Waals surface area contributed by atoms with Gasteiger partial charge in [0.25, 0.3) is 0 Å². The summed E-state index contributed by atoms with van der Waals surface area (Å²) in [5.74, 6) is -0.285. The average Bonchev–Trinajstić information content (AvgIpc) is 2.69. The van der Waals surface area contributed by atoms with Crippen molar-refractivity contribution in [3.8, 4) is 0 Å². The van der Waals surface area contributed by atoms with Crippen molar-refractivity contribution in [1.29, 1.82) is 0 Å². The average molecular weight is 425 g/mol. The summed E-state index contributed by atoms with van der Waals surface area (Å²) in [6.45, 7) is 3.38. The zero-order valence-corrected chi connectivity index (χ0v) is 17.7. The fourth-order valence-corrected chi connectivity index (χ4v) is 4.03. The Hall–Kier alpha value is -2.76. The highest BCUT2D eigenvalue weighted by Gasteiger charge is 2.22. The van der Waals surface area contributed by atoms with Gasteiger partial charge in [0, 0.05) is 28.2 Å². The molecule has 4 nitrogen and oxygen atoms in total. The first-order chi connectivity index (χ1) is 13.9. The van der Waals surface area contributed by atoms with Crippen molar-refractivity contribution in [2.45, 2.75) is 24.0 Å². The van der Waals surface area contributed by atoms with Crippen LogP contribution in [0.15, 0.2) is 77.7 Å². The second kappa shape index (κ2) is 9.63. The summed E-state index contributed by atoms with van der Waals surface area (Å²) in [6.07, 6.45) is 0. The third-order valence-electron chi connectivity index (χ3n) is 4.19. The minimum Gasteiger partial charge on any atom is -0.326 e. The van der Waals surface area contributed by atoms with Gasteiger partial charge >= 0.3 is 0 Å². The predicted molar refractivity (Wildman–Crippen MR) is 121 cm³/mol. The third kappa shape index (κ3) is 5.86. The molecule has 148 valence electrons. The first-order valence-electron chi connectivity index (χ1n) is 9.08. The molecule has 3 rings (SSSR count). The van der Waals surface area contributed by atoms with Crippen molar-refractivity contribution in [3.05, 3.63) is 88.9 Å². The van der Waals surface area contributed by atoms with E-state index in [0.717, 1.165) is 16.0 Å². The van der Waals surface area contributed by atoms with Gasteiger partial charge in [0.15, 0.2) is 0 Å². The zero-order chi connectivity index (χ0) is 20.8. The maximum atomic E-state index is 13.1. The first kappa shape index (κ1) is 21.0. The largest absolute Gasteiger partial charge is 0.326 e. The lowest BCUT2D eigenvalue weighted by Crippen LogP contribution is -2.19. The number of rotatable bonds is 6. The van der Waals surface area contributed by atoms with Crippen LogP contribution in [-0.2, 0) is 9.59 Å². The Morgan fingerprint density at radius 2 is 1.62 bits per heavy atom. The highest BCUT2D eigenvalue weighted by Crippen LogP contribution is 2.37. The molecule has 0 saturated heterocycles. The van der Waals surface area contributed by atoms with Gasteiger partial charge in [0.1, 0.15) is 5.25 Å². The van der Waals surface area contributed by atoms with Crippen LogP contribution in [0.4, 0.5) is 11.4 Å². The van der Waals surface area contributed by atoms with Crippen LogP contribution in [-0.4, -0.2) is 11.8 Å². The van der Waals surface area contributed by atoms with E-state index in [0.29, 0.717) is 16.4 Å². The topological polar surface area (TPSA) is 58.2 Å². The Morgan fingerprint density at radius 3 is 2.31 bits per heavy atom. The highest BCUT2D eigenvalue weighted by atomic mass is 35.5. The molecule has 0 fully saturated rings. The van der Waals surface area contributed by atoms with Crippen LogP contribution in [0.3, 0.4) is 0 Å². The van der Waals surface area contributed by atoms with Gasteiger partial charge in [-0.3, -0.25) is 9.59 Å². The molecule has 1 unspecified atom stereocenters. The molecular formula is C23H21ClN2O2S. The van der Waals surface area contributed by atoms with E-state index in [1.54, 1.807) is 6.07 Å². The van der Waals surface area contributed by atoms with Crippen LogP contribution in [0.25, 0.3) is 0 Å². The fourth-order valence-electron chi connectivity index (χ4n) is 2.77. The summed E-state index contributed by atoms with van der Waals surface area (Å²) < 4.78 is 0. The molecule has 0 saturated carbocycles. The summed E-state index contributed by atoms with van der Waals surface area (Å²) in [4.78, 5) is 25.3. The van der Waals surface area contributed by atoms with Crippen molar-refractivity contribution in [2.24, 2.45) is 0 Å². The third-order valence-corrected chi connectivity index (χ3v) is 5.84. The lowest BCUT2D eigenvalue weighted by molar-refractivity contribution is -0.116. The molecular weight excluding hydrogens is 404 g/mol. The molecule has 2 amide bonds. The molecule has 0 radical (unpaired) electrons. The van der Waals surface area contributed by atoms with E-state index in [2.05, 4.69) is 10.6 Å². The van der Waals surface area contributed by atoms with E-state index in [1.807, 2.05) is 73.7 Å². The summed E-state index contributed by atoms with van der Waals surface area (Å²) in [6, 6.07) is 22.5. The normalized spacial score (nSPS) is 11.6. The Kier molecular flexibility index (Phi) is 6.96. The molecule has 0 heterocycles. The van der Waals surface area contributed by atoms with Crippen molar-refractivity contribution in [2.75, 3.05) is 10.6 Å². The standard InChI is InChI=1S/C23H21ClN2O2S/c1-15-11-12-19(14-21(15)24)26-23(28)22(17-7-4-3-5-8-17)29-20-10-6-9-18(13-20)25-16(2)27/h3-14,22H,1-2H3,(H,25,27)(H,26,28). The van der Waals surface area contributed by atoms with Crippen LogP contribution in [0, 0.1) is 6.92 Å². The van der Waals surface area contributed by atoms with Crippen molar-refractivity contribution in [3.63, 3.8) is 0 Å². The fraction of sp³-hybridized carbons (Fsp3) is 0.130. The number of benzene rings is 3. The van der Waals surface area contributed by atoms with Crippen LogP contribution >= 0.6 is 23.4 Å². The van der Waals surface area contributed by atoms with Gasteiger partial charge in [-0.05, 0) is 48.4 Å². The molecule has 0 bridgehead atoms. The summed E-state index contributed by atoms with van der Waals surface area (Å²) in [5.41, 5.74) is 3.19. The number of anilines is 2. The number of halogens is 1. The number of carbonyl (C=O) groups excluding carboxylic acids is 2. The number of amides is 2. The SMILES string of the molecule is CC(=O)Nc1cccc(SC(C(=O)Nc2ccc(C)c(Cl)c2)c2ccccc2)c1. The molecule has 0 spiro atoms. The molecule has 3 aromatic rings. The second-order valence-electron chi connectivity index (χ2n) is 6.57. The Morgan fingerprint density at radius 1 is 0.897 bits per heavy atom. The van der Waals surface area contributed by atoms with Crippen molar-refractivity contribution < 1.29 is 9.59 Å². The Labute approximate surface area is 179 Å². The number of nitrogens with one attached hydrogen (secondary N) is 2. The quantitative estimate of drug-likeness (QED) is 0.471. The van der Waals surface area contributed by atoms with Gasteiger partial charge in [0.05, 0.1) is 0 Å². The number of hydrogen-bond donors (Lipinski definition) is 2. The molecule has 0 aliphatic carbocycles. The van der Waals surface area contributed by atoms with Crippen LogP contribution in [0.2, 0.25) is 5.02 Å². The second-order valence-corrected chi connectivity index (χ2v) is 8.16. The number of thioether (sulfide) groups is 1. The smallest absolute Gasteiger partial charge is 0.242 e. The maximum absolute atomic E-state index is 13.1. The lowest BCUT2D eigenvalue weighted by Gasteiger charge is -2.18. The minimum atomic E-state index is -0.469. The van der Waals surface area contributed by atoms with Gasteiger partial charge in [-0.1, -0.05) is 54.1 Å². The first-order valence-corrected chi connectivity index (χ1v) is 10.3. The Balaban J connectivity index is 1.86. The van der Waals surface area contributed by atoms with Gasteiger partial charge < -0.3 is 10.6 Å². The molecule has 0 aliphatic heterocycles. The van der Waals surface area contributed by atoms with E-state index in [1.165, 1.54) is 18.7 Å². The van der Waals surface area contributed by atoms with Crippen LogP contribution in [0.5, 0.6) is 0 Å². The molecule has 29 heavy (non-hydrogen) atoms. The van der Waals surface area contributed by atoms with Crippen LogP contribution in [0.1, 0.15) is 23.3 Å². The van der Waals surface area contributed by atoms with Gasteiger partial charge in [0.2, 0.25) is 11.8 Å². The number of hydrogen-bond acceptors (Lipinski definition) is 3. The summed E-state index contributed by atoms with van der Waals surface area (Å²) in [5, 5.41) is 5.87. The molecule has 0 aliphatic rings. The molecule has 6 heteroatoms. The van der Waals surface area contributed by atoms with Gasteiger partial charge in [-0.25, -0.2) is 0 Å². The molecule has 0 aromatic heterocycles. The number of aryl methyl sites for hydroxylation is 1. The summed E-state index contributed by atoms with van der Waals surface area (Å²) >= 11 is 7.61. The number of carbonyl (C=O) groups is 2. The highest BCUT2D eigenvalue weighted by molar-refractivity contribution is 8.00. The van der Waals surface area contributed by atoms with E-state index < -0.39 is 5.25 Å². The molecule has 1 atom stereocenters. The predicted octanol–water partition coefficient (Wildman–Crippen LogP) is 6.08. The molecule has 2 N–H and O–H groups in total. The lowest BCUT2D eigenvalue weighted by atomic mass is 10.1. The van der Waals surface area contributed by atoms with E-state index >= 15 is 0 Å². The van der Waals surface area contributed by atoms with Crippen molar-refractivity contribution >= 4 is 46.6 Å². The van der Waals surface area contributed by atoms with Crippen LogP contribution < -0.4 is 10.6 Å². The minimum absolute atomic E-state index is 0.138. The van der Waals surface area contributed by atoms with E-state index in [9.17, 15) is 9.59 Å². The zero-order valence-electron chi connectivity index (χ0n) is 16.1. The van der Waals surface area contributed by atoms with Gasteiger partial charge in [-0.15, -0.1) is 11.8 Å². The van der Waals surface area contributed by atoms with Gasteiger partial charge in [-0.2, -0.15) is 0 Å².